The van der Waals surface area contributed by atoms with Crippen molar-refractivity contribution in [2.75, 3.05) is 20.3 Å². The predicted octanol–water partition coefficient (Wildman–Crippen LogP) is 3.68. The van der Waals surface area contributed by atoms with Gasteiger partial charge in [0.05, 0.1) is 12.3 Å². The SMILES string of the molecule is COCCNCc1cc(Br)ccc1Oc1cccnc1C. The Bertz CT molecular complexity index is 590. The Morgan fingerprint density at radius 1 is 1.24 bits per heavy atom. The highest BCUT2D eigenvalue weighted by Crippen LogP contribution is 2.29. The zero-order valence-corrected chi connectivity index (χ0v) is 13.8. The Labute approximate surface area is 133 Å². The average molecular weight is 351 g/mol. The molecular weight excluding hydrogens is 332 g/mol. The second kappa shape index (κ2) is 8.12. The summed E-state index contributed by atoms with van der Waals surface area (Å²) >= 11 is 3.50. The fourth-order valence-electron chi connectivity index (χ4n) is 1.88. The molecule has 1 aromatic carbocycles. The van der Waals surface area contributed by atoms with Crippen LogP contribution in [-0.2, 0) is 11.3 Å². The second-order valence-electron chi connectivity index (χ2n) is 4.61. The minimum atomic E-state index is 0.686. The molecule has 5 heteroatoms. The number of hydrogen-bond acceptors (Lipinski definition) is 4. The summed E-state index contributed by atoms with van der Waals surface area (Å²) in [5.41, 5.74) is 1.96. The number of halogens is 1. The lowest BCUT2D eigenvalue weighted by molar-refractivity contribution is 0.199. The van der Waals surface area contributed by atoms with Gasteiger partial charge in [0.25, 0.3) is 0 Å². The van der Waals surface area contributed by atoms with E-state index in [1.807, 2.05) is 31.2 Å². The minimum Gasteiger partial charge on any atom is -0.455 e. The highest BCUT2D eigenvalue weighted by atomic mass is 79.9. The average Bonchev–Trinajstić information content (AvgIpc) is 2.48. The van der Waals surface area contributed by atoms with Crippen molar-refractivity contribution in [3.05, 3.63) is 52.3 Å². The molecule has 0 radical (unpaired) electrons. The molecule has 1 aromatic heterocycles. The van der Waals surface area contributed by atoms with E-state index in [0.29, 0.717) is 6.61 Å². The number of benzene rings is 1. The zero-order valence-electron chi connectivity index (χ0n) is 12.2. The largest absolute Gasteiger partial charge is 0.455 e. The number of aromatic nitrogens is 1. The fourth-order valence-corrected chi connectivity index (χ4v) is 2.29. The van der Waals surface area contributed by atoms with Crippen molar-refractivity contribution in [3.63, 3.8) is 0 Å². The summed E-state index contributed by atoms with van der Waals surface area (Å²) in [4.78, 5) is 4.24. The van der Waals surface area contributed by atoms with Crippen LogP contribution in [0, 0.1) is 6.92 Å². The van der Waals surface area contributed by atoms with Gasteiger partial charge in [0.1, 0.15) is 11.5 Å². The first kappa shape index (κ1) is 15.9. The molecule has 0 aliphatic rings. The van der Waals surface area contributed by atoms with Crippen LogP contribution in [0.5, 0.6) is 11.5 Å². The van der Waals surface area contributed by atoms with Crippen molar-refractivity contribution in [3.8, 4) is 11.5 Å². The fraction of sp³-hybridized carbons (Fsp3) is 0.312. The maximum absolute atomic E-state index is 6.00. The lowest BCUT2D eigenvalue weighted by Gasteiger charge is -2.13. The highest BCUT2D eigenvalue weighted by Gasteiger charge is 2.08. The molecule has 4 nitrogen and oxygen atoms in total. The van der Waals surface area contributed by atoms with E-state index in [4.69, 9.17) is 9.47 Å². The monoisotopic (exact) mass is 350 g/mol. The summed E-state index contributed by atoms with van der Waals surface area (Å²) < 4.78 is 12.1. The molecule has 2 rings (SSSR count). The number of methoxy groups -OCH3 is 1. The van der Waals surface area contributed by atoms with Crippen LogP contribution in [0.3, 0.4) is 0 Å². The van der Waals surface area contributed by atoms with Gasteiger partial charge < -0.3 is 14.8 Å². The van der Waals surface area contributed by atoms with Crippen LogP contribution < -0.4 is 10.1 Å². The maximum Gasteiger partial charge on any atom is 0.148 e. The van der Waals surface area contributed by atoms with Gasteiger partial charge in [0.2, 0.25) is 0 Å². The van der Waals surface area contributed by atoms with Gasteiger partial charge in [-0.25, -0.2) is 0 Å². The Kier molecular flexibility index (Phi) is 6.17. The van der Waals surface area contributed by atoms with E-state index in [1.165, 1.54) is 0 Å². The predicted molar refractivity (Wildman–Crippen MR) is 86.8 cm³/mol. The van der Waals surface area contributed by atoms with E-state index in [9.17, 15) is 0 Å². The van der Waals surface area contributed by atoms with Crippen molar-refractivity contribution in [2.45, 2.75) is 13.5 Å². The lowest BCUT2D eigenvalue weighted by atomic mass is 10.2. The third-order valence-electron chi connectivity index (χ3n) is 3.00. The van der Waals surface area contributed by atoms with Crippen molar-refractivity contribution in [1.29, 1.82) is 0 Å². The molecule has 0 bridgehead atoms. The topological polar surface area (TPSA) is 43.4 Å². The molecule has 0 atom stereocenters. The van der Waals surface area contributed by atoms with Crippen LogP contribution in [0.2, 0.25) is 0 Å². The first-order valence-electron chi connectivity index (χ1n) is 6.78. The number of pyridine rings is 1. The molecule has 0 saturated carbocycles. The normalized spacial score (nSPS) is 10.6. The molecule has 0 unspecified atom stereocenters. The molecule has 0 spiro atoms. The van der Waals surface area contributed by atoms with Gasteiger partial charge in [-0.1, -0.05) is 15.9 Å². The molecular formula is C16H19BrN2O2. The maximum atomic E-state index is 6.00. The molecule has 2 aromatic rings. The van der Waals surface area contributed by atoms with Crippen molar-refractivity contribution in [1.82, 2.24) is 10.3 Å². The van der Waals surface area contributed by atoms with Crippen LogP contribution in [0.15, 0.2) is 41.0 Å². The van der Waals surface area contributed by atoms with Gasteiger partial charge in [-0.2, -0.15) is 0 Å². The van der Waals surface area contributed by atoms with Gasteiger partial charge in [0, 0.05) is 36.4 Å². The molecule has 1 N–H and O–H groups in total. The van der Waals surface area contributed by atoms with E-state index >= 15 is 0 Å². The van der Waals surface area contributed by atoms with Crippen molar-refractivity contribution >= 4 is 15.9 Å². The highest BCUT2D eigenvalue weighted by molar-refractivity contribution is 9.10. The zero-order chi connectivity index (χ0) is 15.1. The number of hydrogen-bond donors (Lipinski definition) is 1. The summed E-state index contributed by atoms with van der Waals surface area (Å²) in [6.07, 6.45) is 1.76. The van der Waals surface area contributed by atoms with Crippen LogP contribution in [0.25, 0.3) is 0 Å². The standard InChI is InChI=1S/C16H19BrN2O2/c1-12-15(4-3-7-19-12)21-16-6-5-14(17)10-13(16)11-18-8-9-20-2/h3-7,10,18H,8-9,11H2,1-2H3. The first-order valence-corrected chi connectivity index (χ1v) is 7.57. The number of rotatable bonds is 7. The second-order valence-corrected chi connectivity index (χ2v) is 5.53. The quantitative estimate of drug-likeness (QED) is 0.773. The van der Waals surface area contributed by atoms with Crippen LogP contribution >= 0.6 is 15.9 Å². The number of ether oxygens (including phenoxy) is 2. The summed E-state index contributed by atoms with van der Waals surface area (Å²) in [5.74, 6) is 1.61. The molecule has 21 heavy (non-hydrogen) atoms. The van der Waals surface area contributed by atoms with Gasteiger partial charge in [0.15, 0.2) is 0 Å². The van der Waals surface area contributed by atoms with Gasteiger partial charge in [-0.3, -0.25) is 4.98 Å². The van der Waals surface area contributed by atoms with Gasteiger partial charge in [-0.15, -0.1) is 0 Å². The molecule has 0 fully saturated rings. The molecule has 0 aliphatic carbocycles. The van der Waals surface area contributed by atoms with E-state index in [2.05, 4.69) is 32.3 Å². The van der Waals surface area contributed by atoms with Crippen LogP contribution in [0.4, 0.5) is 0 Å². The molecule has 1 heterocycles. The molecule has 0 amide bonds. The smallest absolute Gasteiger partial charge is 0.148 e. The summed E-state index contributed by atoms with van der Waals surface area (Å²) in [5, 5.41) is 3.33. The Hall–Kier alpha value is -1.43. The first-order chi connectivity index (χ1) is 10.2. The summed E-state index contributed by atoms with van der Waals surface area (Å²) in [6.45, 7) is 4.14. The number of aryl methyl sites for hydroxylation is 1. The van der Waals surface area contributed by atoms with Crippen LogP contribution in [-0.4, -0.2) is 25.2 Å². The lowest BCUT2D eigenvalue weighted by Crippen LogP contribution is -2.18. The molecule has 0 saturated heterocycles. The van der Waals surface area contributed by atoms with Crippen molar-refractivity contribution < 1.29 is 9.47 Å². The third-order valence-corrected chi connectivity index (χ3v) is 3.49. The Balaban J connectivity index is 2.13. The Morgan fingerprint density at radius 3 is 2.86 bits per heavy atom. The van der Waals surface area contributed by atoms with E-state index in [0.717, 1.165) is 40.3 Å². The van der Waals surface area contributed by atoms with Crippen molar-refractivity contribution in [2.24, 2.45) is 0 Å². The van der Waals surface area contributed by atoms with E-state index < -0.39 is 0 Å². The molecule has 0 aliphatic heterocycles. The number of nitrogens with zero attached hydrogens (tertiary/aromatic N) is 1. The Morgan fingerprint density at radius 2 is 2.10 bits per heavy atom. The van der Waals surface area contributed by atoms with Gasteiger partial charge in [-0.05, 0) is 37.3 Å². The summed E-state index contributed by atoms with van der Waals surface area (Å²) in [7, 11) is 1.69. The van der Waals surface area contributed by atoms with E-state index in [1.54, 1.807) is 13.3 Å². The summed E-state index contributed by atoms with van der Waals surface area (Å²) in [6, 6.07) is 9.79. The van der Waals surface area contributed by atoms with Crippen LogP contribution in [0.1, 0.15) is 11.3 Å². The van der Waals surface area contributed by atoms with E-state index in [-0.39, 0.29) is 0 Å². The molecule has 112 valence electrons. The van der Waals surface area contributed by atoms with Gasteiger partial charge >= 0.3 is 0 Å². The number of nitrogens with one attached hydrogen (secondary N) is 1. The third kappa shape index (κ3) is 4.81. The minimum absolute atomic E-state index is 0.686.